The van der Waals surface area contributed by atoms with E-state index in [1.807, 2.05) is 38.1 Å². The van der Waals surface area contributed by atoms with E-state index >= 15 is 0 Å². The number of nitrogens with one attached hydrogen (secondary N) is 1. The molecule has 1 amide bonds. The summed E-state index contributed by atoms with van der Waals surface area (Å²) >= 11 is 1.56. The molecule has 0 spiro atoms. The summed E-state index contributed by atoms with van der Waals surface area (Å²) < 4.78 is 8.44. The van der Waals surface area contributed by atoms with Crippen molar-refractivity contribution in [2.24, 2.45) is 0 Å². The monoisotopic (exact) mass is 407 g/mol. The molecule has 29 heavy (non-hydrogen) atoms. The van der Waals surface area contributed by atoms with E-state index in [1.54, 1.807) is 42.7 Å². The largest absolute Gasteiger partial charge is 0.497 e. The summed E-state index contributed by atoms with van der Waals surface area (Å²) in [5, 5.41) is 8.90. The number of rotatable bonds is 5. The molecule has 0 saturated heterocycles. The molecule has 1 atom stereocenters. The lowest BCUT2D eigenvalue weighted by Crippen LogP contribution is -2.35. The number of fused-ring (bicyclic) bond motifs is 3. The van der Waals surface area contributed by atoms with Gasteiger partial charge in [-0.25, -0.2) is 4.68 Å². The van der Waals surface area contributed by atoms with Gasteiger partial charge in [-0.05, 0) is 31.5 Å². The zero-order valence-electron chi connectivity index (χ0n) is 16.4. The van der Waals surface area contributed by atoms with Crippen molar-refractivity contribution in [3.05, 3.63) is 64.6 Å². The highest BCUT2D eigenvalue weighted by Crippen LogP contribution is 2.33. The number of benzene rings is 2. The van der Waals surface area contributed by atoms with E-state index in [9.17, 15) is 9.59 Å². The van der Waals surface area contributed by atoms with Gasteiger partial charge < -0.3 is 10.1 Å². The number of hydrogen-bond acceptors (Lipinski definition) is 5. The Hall–Kier alpha value is -3.19. The Bertz CT molecular complexity index is 1280. The number of thiophene rings is 1. The zero-order valence-corrected chi connectivity index (χ0v) is 17.2. The Balaban J connectivity index is 1.79. The molecule has 0 radical (unpaired) electrons. The smallest absolute Gasteiger partial charge is 0.276 e. The van der Waals surface area contributed by atoms with Crippen LogP contribution in [-0.4, -0.2) is 22.8 Å². The van der Waals surface area contributed by atoms with Gasteiger partial charge in [-0.1, -0.05) is 31.2 Å². The summed E-state index contributed by atoms with van der Waals surface area (Å²) in [6, 6.07) is 14.2. The standard InChI is InChI=1S/C22H21N3O3S/c1-4-17(21(26)23-14-8-7-9-15(12-14)28-3)25-22(27)19-16-10-5-6-11-18(16)29-20(19)13(2)24-25/h5-12,17H,4H2,1-3H3,(H,23,26). The van der Waals surface area contributed by atoms with Crippen LogP contribution in [0, 0.1) is 6.92 Å². The predicted molar refractivity (Wildman–Crippen MR) is 117 cm³/mol. The van der Waals surface area contributed by atoms with E-state index in [2.05, 4.69) is 10.4 Å². The van der Waals surface area contributed by atoms with E-state index in [-0.39, 0.29) is 11.5 Å². The molecule has 4 aromatic rings. The van der Waals surface area contributed by atoms with Crippen LogP contribution in [0.2, 0.25) is 0 Å². The topological polar surface area (TPSA) is 73.2 Å². The number of amides is 1. The first-order valence-electron chi connectivity index (χ1n) is 9.39. The molecular weight excluding hydrogens is 386 g/mol. The van der Waals surface area contributed by atoms with Crippen LogP contribution in [0.1, 0.15) is 25.1 Å². The van der Waals surface area contributed by atoms with Crippen molar-refractivity contribution in [1.82, 2.24) is 9.78 Å². The van der Waals surface area contributed by atoms with Gasteiger partial charge in [0.15, 0.2) is 0 Å². The van der Waals surface area contributed by atoms with Crippen molar-refractivity contribution >= 4 is 43.1 Å². The van der Waals surface area contributed by atoms with Gasteiger partial charge in [0.1, 0.15) is 11.8 Å². The summed E-state index contributed by atoms with van der Waals surface area (Å²) in [4.78, 5) is 26.3. The van der Waals surface area contributed by atoms with Crippen LogP contribution in [0.3, 0.4) is 0 Å². The maximum Gasteiger partial charge on any atom is 0.276 e. The normalized spacial score (nSPS) is 12.2. The Kier molecular flexibility index (Phi) is 5.07. The zero-order chi connectivity index (χ0) is 20.5. The van der Waals surface area contributed by atoms with Gasteiger partial charge in [0.2, 0.25) is 5.91 Å². The van der Waals surface area contributed by atoms with Crippen molar-refractivity contribution in [1.29, 1.82) is 0 Å². The van der Waals surface area contributed by atoms with Crippen LogP contribution < -0.4 is 15.6 Å². The molecular formula is C22H21N3O3S. The number of ether oxygens (including phenoxy) is 1. The van der Waals surface area contributed by atoms with Gasteiger partial charge in [0.05, 0.1) is 22.9 Å². The highest BCUT2D eigenvalue weighted by molar-refractivity contribution is 7.26. The summed E-state index contributed by atoms with van der Waals surface area (Å²) in [6.07, 6.45) is 0.440. The minimum absolute atomic E-state index is 0.240. The molecule has 0 bridgehead atoms. The molecule has 6 nitrogen and oxygen atoms in total. The Morgan fingerprint density at radius 1 is 1.24 bits per heavy atom. The first-order valence-corrected chi connectivity index (χ1v) is 10.2. The summed E-state index contributed by atoms with van der Waals surface area (Å²) in [7, 11) is 1.57. The summed E-state index contributed by atoms with van der Waals surface area (Å²) in [5.74, 6) is 0.363. The van der Waals surface area contributed by atoms with Crippen LogP contribution in [0.25, 0.3) is 20.2 Å². The molecule has 0 aliphatic rings. The van der Waals surface area contributed by atoms with Crippen LogP contribution in [0.5, 0.6) is 5.75 Å². The minimum Gasteiger partial charge on any atom is -0.497 e. The van der Waals surface area contributed by atoms with E-state index in [0.29, 0.717) is 23.2 Å². The van der Waals surface area contributed by atoms with Crippen LogP contribution in [-0.2, 0) is 4.79 Å². The number of aromatic nitrogens is 2. The molecule has 2 heterocycles. The molecule has 0 fully saturated rings. The van der Waals surface area contributed by atoms with Gasteiger partial charge in [-0.2, -0.15) is 5.10 Å². The molecule has 0 aliphatic heterocycles. The summed E-state index contributed by atoms with van der Waals surface area (Å²) in [5.41, 5.74) is 1.11. The molecule has 2 aromatic heterocycles. The second-order valence-corrected chi connectivity index (χ2v) is 7.83. The quantitative estimate of drug-likeness (QED) is 0.528. The van der Waals surface area contributed by atoms with Crippen molar-refractivity contribution in [3.63, 3.8) is 0 Å². The lowest BCUT2D eigenvalue weighted by atomic mass is 10.1. The lowest BCUT2D eigenvalue weighted by Gasteiger charge is -2.18. The number of aryl methyl sites for hydroxylation is 1. The number of nitrogens with zero attached hydrogens (tertiary/aromatic N) is 2. The average Bonchev–Trinajstić information content (AvgIpc) is 3.13. The van der Waals surface area contributed by atoms with Crippen molar-refractivity contribution in [3.8, 4) is 5.75 Å². The minimum atomic E-state index is -0.713. The Morgan fingerprint density at radius 2 is 2.03 bits per heavy atom. The molecule has 1 N–H and O–H groups in total. The second-order valence-electron chi connectivity index (χ2n) is 6.78. The van der Waals surface area contributed by atoms with E-state index in [4.69, 9.17) is 4.74 Å². The van der Waals surface area contributed by atoms with E-state index in [0.717, 1.165) is 20.5 Å². The van der Waals surface area contributed by atoms with Gasteiger partial charge >= 0.3 is 0 Å². The van der Waals surface area contributed by atoms with Gasteiger partial charge in [-0.15, -0.1) is 11.3 Å². The fourth-order valence-electron chi connectivity index (χ4n) is 3.49. The first-order chi connectivity index (χ1) is 14.0. The maximum atomic E-state index is 13.3. The Morgan fingerprint density at radius 3 is 2.79 bits per heavy atom. The number of carbonyl (C=O) groups is 1. The number of hydrogen-bond donors (Lipinski definition) is 1. The number of carbonyl (C=O) groups excluding carboxylic acids is 1. The highest BCUT2D eigenvalue weighted by Gasteiger charge is 2.24. The van der Waals surface area contributed by atoms with Crippen LogP contribution >= 0.6 is 11.3 Å². The molecule has 1 unspecified atom stereocenters. The number of methoxy groups -OCH3 is 1. The van der Waals surface area contributed by atoms with E-state index in [1.165, 1.54) is 4.68 Å². The second kappa shape index (κ2) is 7.67. The van der Waals surface area contributed by atoms with E-state index < -0.39 is 6.04 Å². The van der Waals surface area contributed by atoms with Gasteiger partial charge in [0, 0.05) is 21.8 Å². The van der Waals surface area contributed by atoms with Crippen molar-refractivity contribution < 1.29 is 9.53 Å². The highest BCUT2D eigenvalue weighted by atomic mass is 32.1. The molecule has 4 rings (SSSR count). The third-order valence-electron chi connectivity index (χ3n) is 4.93. The third kappa shape index (κ3) is 3.38. The maximum absolute atomic E-state index is 13.3. The molecule has 0 saturated carbocycles. The van der Waals surface area contributed by atoms with Gasteiger partial charge in [0.25, 0.3) is 5.56 Å². The molecule has 0 aliphatic carbocycles. The fourth-order valence-corrected chi connectivity index (χ4v) is 4.62. The predicted octanol–water partition coefficient (Wildman–Crippen LogP) is 4.52. The fraction of sp³-hybridized carbons (Fsp3) is 0.227. The average molecular weight is 407 g/mol. The van der Waals surface area contributed by atoms with Crippen LogP contribution in [0.15, 0.2) is 53.3 Å². The Labute approximate surface area is 171 Å². The van der Waals surface area contributed by atoms with Gasteiger partial charge in [-0.3, -0.25) is 9.59 Å². The molecule has 2 aromatic carbocycles. The lowest BCUT2D eigenvalue weighted by molar-refractivity contribution is -0.119. The third-order valence-corrected chi connectivity index (χ3v) is 6.21. The summed E-state index contributed by atoms with van der Waals surface area (Å²) in [6.45, 7) is 3.75. The SMILES string of the molecule is CCC(C(=O)Nc1cccc(OC)c1)n1nc(C)c2sc3ccccc3c2c1=O. The first kappa shape index (κ1) is 19.1. The van der Waals surface area contributed by atoms with Crippen molar-refractivity contribution in [2.75, 3.05) is 12.4 Å². The number of anilines is 1. The van der Waals surface area contributed by atoms with Crippen LogP contribution in [0.4, 0.5) is 5.69 Å². The van der Waals surface area contributed by atoms with Crippen molar-refractivity contribution in [2.45, 2.75) is 26.3 Å². The molecule has 7 heteroatoms. The molecule has 148 valence electrons.